The van der Waals surface area contributed by atoms with E-state index in [1.54, 1.807) is 0 Å². The van der Waals surface area contributed by atoms with Crippen LogP contribution >= 0.6 is 0 Å². The molecule has 1 atom stereocenters. The predicted octanol–water partition coefficient (Wildman–Crippen LogP) is 2.38. The van der Waals surface area contributed by atoms with Gasteiger partial charge >= 0.3 is 0 Å². The van der Waals surface area contributed by atoms with Gasteiger partial charge in [-0.1, -0.05) is 20.8 Å². The summed E-state index contributed by atoms with van der Waals surface area (Å²) in [5.74, 6) is 1.72. The summed E-state index contributed by atoms with van der Waals surface area (Å²) in [7, 11) is 0. The van der Waals surface area contributed by atoms with Gasteiger partial charge in [-0.05, 0) is 12.5 Å². The Balaban J connectivity index is 1.57. The zero-order valence-electron chi connectivity index (χ0n) is 14.5. The number of morpholine rings is 1. The topological polar surface area (TPSA) is 56.3 Å². The van der Waals surface area contributed by atoms with E-state index in [0.717, 1.165) is 44.4 Å². The molecule has 0 bridgehead atoms. The number of aromatic nitrogens is 3. The zero-order valence-corrected chi connectivity index (χ0v) is 14.5. The molecular formula is C17H26N4O2. The molecule has 126 valence electrons. The van der Waals surface area contributed by atoms with Gasteiger partial charge in [-0.3, -0.25) is 9.58 Å². The van der Waals surface area contributed by atoms with Gasteiger partial charge in [0.05, 0.1) is 38.2 Å². The molecule has 0 radical (unpaired) electrons. The largest absolute Gasteiger partial charge is 0.444 e. The monoisotopic (exact) mass is 318 g/mol. The van der Waals surface area contributed by atoms with E-state index in [1.165, 1.54) is 5.56 Å². The van der Waals surface area contributed by atoms with E-state index in [4.69, 9.17) is 9.15 Å². The van der Waals surface area contributed by atoms with Gasteiger partial charge in [-0.15, -0.1) is 0 Å². The molecule has 0 spiro atoms. The van der Waals surface area contributed by atoms with Crippen LogP contribution in [0.5, 0.6) is 0 Å². The number of oxazole rings is 1. The molecule has 6 nitrogen and oxygen atoms in total. The molecule has 1 aliphatic rings. The summed E-state index contributed by atoms with van der Waals surface area (Å²) in [6.07, 6.45) is 5.92. The van der Waals surface area contributed by atoms with Crippen molar-refractivity contribution in [3.63, 3.8) is 0 Å². The maximum atomic E-state index is 5.90. The fraction of sp³-hybridized carbons (Fsp3) is 0.647. The smallest absolute Gasteiger partial charge is 0.208 e. The van der Waals surface area contributed by atoms with Crippen LogP contribution in [0.4, 0.5) is 0 Å². The van der Waals surface area contributed by atoms with Crippen LogP contribution < -0.4 is 0 Å². The summed E-state index contributed by atoms with van der Waals surface area (Å²) in [4.78, 5) is 6.76. The lowest BCUT2D eigenvalue weighted by Crippen LogP contribution is -2.43. The second kappa shape index (κ2) is 6.45. The average Bonchev–Trinajstić information content (AvgIpc) is 3.08. The second-order valence-corrected chi connectivity index (χ2v) is 7.34. The first-order chi connectivity index (χ1) is 10.9. The third-order valence-corrected chi connectivity index (χ3v) is 4.03. The Hall–Kier alpha value is -1.66. The Morgan fingerprint density at radius 3 is 2.78 bits per heavy atom. The highest BCUT2D eigenvalue weighted by atomic mass is 16.5. The first kappa shape index (κ1) is 16.2. The summed E-state index contributed by atoms with van der Waals surface area (Å²) < 4.78 is 13.7. The molecule has 23 heavy (non-hydrogen) atoms. The standard InChI is InChI=1S/C17H26N4O2/c1-13-7-19-21(9-13)11-14-10-20(5-6-22-14)12-16-18-8-15(23-16)17(2,3)4/h7-9,14H,5-6,10-12H2,1-4H3/t14-/m1/s1. The number of ether oxygens (including phenoxy) is 1. The third kappa shape index (κ3) is 4.20. The van der Waals surface area contributed by atoms with Gasteiger partial charge in [0, 0.05) is 24.7 Å². The lowest BCUT2D eigenvalue weighted by molar-refractivity contribution is -0.0423. The van der Waals surface area contributed by atoms with Crippen LogP contribution in [0.2, 0.25) is 0 Å². The maximum Gasteiger partial charge on any atom is 0.208 e. The molecule has 0 saturated carbocycles. The first-order valence-electron chi connectivity index (χ1n) is 8.18. The van der Waals surface area contributed by atoms with E-state index in [2.05, 4.69) is 35.8 Å². The van der Waals surface area contributed by atoms with Crippen LogP contribution in [0.3, 0.4) is 0 Å². The average molecular weight is 318 g/mol. The second-order valence-electron chi connectivity index (χ2n) is 7.34. The SMILES string of the molecule is Cc1cnn(C[C@H]2CN(Cc3ncc(C(C)(C)C)o3)CCO2)c1. The summed E-state index contributed by atoms with van der Waals surface area (Å²) >= 11 is 0. The highest BCUT2D eigenvalue weighted by Crippen LogP contribution is 2.23. The van der Waals surface area contributed by atoms with Crippen LogP contribution in [0.25, 0.3) is 0 Å². The summed E-state index contributed by atoms with van der Waals surface area (Å²) in [5, 5.41) is 4.34. The van der Waals surface area contributed by atoms with Crippen molar-refractivity contribution in [2.75, 3.05) is 19.7 Å². The molecular weight excluding hydrogens is 292 g/mol. The molecule has 6 heteroatoms. The van der Waals surface area contributed by atoms with Gasteiger partial charge in [-0.2, -0.15) is 5.10 Å². The van der Waals surface area contributed by atoms with E-state index >= 15 is 0 Å². The first-order valence-corrected chi connectivity index (χ1v) is 8.18. The Morgan fingerprint density at radius 2 is 2.13 bits per heavy atom. The molecule has 0 amide bonds. The van der Waals surface area contributed by atoms with E-state index < -0.39 is 0 Å². The van der Waals surface area contributed by atoms with Crippen molar-refractivity contribution in [2.45, 2.75) is 52.3 Å². The number of hydrogen-bond acceptors (Lipinski definition) is 5. The van der Waals surface area contributed by atoms with Gasteiger partial charge in [0.1, 0.15) is 5.76 Å². The van der Waals surface area contributed by atoms with E-state index in [-0.39, 0.29) is 11.5 Å². The lowest BCUT2D eigenvalue weighted by atomic mass is 9.94. The Labute approximate surface area is 137 Å². The van der Waals surface area contributed by atoms with Crippen molar-refractivity contribution in [3.05, 3.63) is 35.8 Å². The van der Waals surface area contributed by atoms with E-state index in [9.17, 15) is 0 Å². The number of hydrogen-bond donors (Lipinski definition) is 0. The fourth-order valence-electron chi connectivity index (χ4n) is 2.73. The highest BCUT2D eigenvalue weighted by Gasteiger charge is 2.24. The van der Waals surface area contributed by atoms with Crippen LogP contribution in [-0.4, -0.2) is 45.5 Å². The Morgan fingerprint density at radius 1 is 1.30 bits per heavy atom. The number of nitrogens with zero attached hydrogens (tertiary/aromatic N) is 4. The van der Waals surface area contributed by atoms with Crippen molar-refractivity contribution < 1.29 is 9.15 Å². The fourth-order valence-corrected chi connectivity index (χ4v) is 2.73. The summed E-state index contributed by atoms with van der Waals surface area (Å²) in [5.41, 5.74) is 1.17. The molecule has 0 aromatic carbocycles. The van der Waals surface area contributed by atoms with Crippen molar-refractivity contribution >= 4 is 0 Å². The number of aryl methyl sites for hydroxylation is 1. The molecule has 1 fully saturated rings. The molecule has 3 heterocycles. The van der Waals surface area contributed by atoms with Crippen molar-refractivity contribution in [2.24, 2.45) is 0 Å². The Kier molecular flexibility index (Phi) is 4.55. The molecule has 2 aromatic heterocycles. The zero-order chi connectivity index (χ0) is 16.4. The summed E-state index contributed by atoms with van der Waals surface area (Å²) in [6, 6.07) is 0. The Bertz CT molecular complexity index is 641. The minimum Gasteiger partial charge on any atom is -0.444 e. The van der Waals surface area contributed by atoms with Crippen molar-refractivity contribution in [1.29, 1.82) is 0 Å². The van der Waals surface area contributed by atoms with Gasteiger partial charge in [0.25, 0.3) is 0 Å². The molecule has 1 aliphatic heterocycles. The highest BCUT2D eigenvalue weighted by molar-refractivity contribution is 5.06. The molecule has 3 rings (SSSR count). The van der Waals surface area contributed by atoms with Gasteiger partial charge in [0.2, 0.25) is 5.89 Å². The third-order valence-electron chi connectivity index (χ3n) is 4.03. The van der Waals surface area contributed by atoms with Crippen LogP contribution in [0, 0.1) is 6.92 Å². The van der Waals surface area contributed by atoms with Gasteiger partial charge in [0.15, 0.2) is 0 Å². The lowest BCUT2D eigenvalue weighted by Gasteiger charge is -2.32. The van der Waals surface area contributed by atoms with Crippen molar-refractivity contribution in [1.82, 2.24) is 19.7 Å². The molecule has 0 N–H and O–H groups in total. The van der Waals surface area contributed by atoms with E-state index in [0.29, 0.717) is 0 Å². The van der Waals surface area contributed by atoms with Gasteiger partial charge < -0.3 is 9.15 Å². The van der Waals surface area contributed by atoms with Crippen LogP contribution in [0.15, 0.2) is 23.0 Å². The van der Waals surface area contributed by atoms with Crippen LogP contribution in [0.1, 0.15) is 38.0 Å². The van der Waals surface area contributed by atoms with Crippen molar-refractivity contribution in [3.8, 4) is 0 Å². The molecule has 2 aromatic rings. The number of rotatable bonds is 4. The quantitative estimate of drug-likeness (QED) is 0.866. The minimum atomic E-state index is -0.00323. The minimum absolute atomic E-state index is 0.00323. The summed E-state index contributed by atoms with van der Waals surface area (Å²) in [6.45, 7) is 12.5. The van der Waals surface area contributed by atoms with E-state index in [1.807, 2.05) is 30.2 Å². The van der Waals surface area contributed by atoms with Crippen LogP contribution in [-0.2, 0) is 23.2 Å². The molecule has 0 aliphatic carbocycles. The maximum absolute atomic E-state index is 5.90. The van der Waals surface area contributed by atoms with Gasteiger partial charge in [-0.25, -0.2) is 4.98 Å². The predicted molar refractivity (Wildman–Crippen MR) is 87.2 cm³/mol. The molecule has 1 saturated heterocycles. The normalized spacial score (nSPS) is 20.1. The molecule has 0 unspecified atom stereocenters.